The van der Waals surface area contributed by atoms with Crippen LogP contribution in [0.3, 0.4) is 0 Å². The maximum absolute atomic E-state index is 6.03. The van der Waals surface area contributed by atoms with Crippen molar-refractivity contribution in [1.82, 2.24) is 10.2 Å². The van der Waals surface area contributed by atoms with Crippen LogP contribution in [0.5, 0.6) is 0 Å². The van der Waals surface area contributed by atoms with E-state index in [1.54, 1.807) is 0 Å². The Morgan fingerprint density at radius 2 is 2.00 bits per heavy atom. The van der Waals surface area contributed by atoms with Crippen LogP contribution in [0, 0.1) is 0 Å². The van der Waals surface area contributed by atoms with Crippen LogP contribution in [0.4, 0.5) is 0 Å². The molecule has 1 aromatic carbocycles. The van der Waals surface area contributed by atoms with E-state index in [2.05, 4.69) is 61.3 Å². The summed E-state index contributed by atoms with van der Waals surface area (Å²) in [6.45, 7) is 10.9. The third-order valence-corrected chi connectivity index (χ3v) is 4.84. The van der Waals surface area contributed by atoms with Crippen LogP contribution >= 0.6 is 0 Å². The van der Waals surface area contributed by atoms with E-state index in [0.717, 1.165) is 26.2 Å². The molecule has 2 atom stereocenters. The van der Waals surface area contributed by atoms with Gasteiger partial charge in [0.25, 0.3) is 0 Å². The summed E-state index contributed by atoms with van der Waals surface area (Å²) in [6.07, 6.45) is 2.38. The number of hydrogen-bond donors (Lipinski definition) is 1. The van der Waals surface area contributed by atoms with Crippen molar-refractivity contribution >= 4 is 0 Å². The molecular weight excluding hydrogens is 260 g/mol. The number of benzene rings is 1. The second-order valence-electron chi connectivity index (χ2n) is 7.50. The topological polar surface area (TPSA) is 24.5 Å². The lowest BCUT2D eigenvalue weighted by Crippen LogP contribution is -2.60. The van der Waals surface area contributed by atoms with Gasteiger partial charge in [0.1, 0.15) is 0 Å². The van der Waals surface area contributed by atoms with E-state index in [4.69, 9.17) is 4.74 Å². The molecule has 1 N–H and O–H groups in total. The highest BCUT2D eigenvalue weighted by Crippen LogP contribution is 2.32. The normalized spacial score (nSPS) is 33.2. The fraction of sp³-hybridized carbons (Fsp3) is 0.667. The van der Waals surface area contributed by atoms with Gasteiger partial charge in [0, 0.05) is 37.8 Å². The predicted molar refractivity (Wildman–Crippen MR) is 86.4 cm³/mol. The Morgan fingerprint density at radius 3 is 2.67 bits per heavy atom. The minimum atomic E-state index is 0.0282. The molecule has 2 aliphatic heterocycles. The second-order valence-corrected chi connectivity index (χ2v) is 7.50. The SMILES string of the molecule is CC1(C)CN(CC2(C)CCCO2)C(c2ccccc2)CN1. The van der Waals surface area contributed by atoms with Crippen LogP contribution in [-0.2, 0) is 4.74 Å². The zero-order valence-corrected chi connectivity index (χ0v) is 13.6. The molecule has 0 aromatic heterocycles. The molecule has 0 spiro atoms. The summed E-state index contributed by atoms with van der Waals surface area (Å²) < 4.78 is 6.03. The van der Waals surface area contributed by atoms with Gasteiger partial charge in [0.2, 0.25) is 0 Å². The van der Waals surface area contributed by atoms with Gasteiger partial charge in [-0.3, -0.25) is 4.90 Å². The first-order valence-corrected chi connectivity index (χ1v) is 8.16. The van der Waals surface area contributed by atoms with Gasteiger partial charge in [-0.2, -0.15) is 0 Å². The standard InChI is InChI=1S/C18H28N2O/c1-17(2)13-20(14-18(3)10-7-11-21-18)16(12-19-17)15-8-5-4-6-9-15/h4-6,8-9,16,19H,7,10-14H2,1-3H3. The van der Waals surface area contributed by atoms with E-state index in [9.17, 15) is 0 Å². The Bertz CT molecular complexity index is 465. The minimum absolute atomic E-state index is 0.0282. The van der Waals surface area contributed by atoms with Crippen molar-refractivity contribution in [3.63, 3.8) is 0 Å². The van der Waals surface area contributed by atoms with Crippen molar-refractivity contribution in [3.05, 3.63) is 35.9 Å². The lowest BCUT2D eigenvalue weighted by Gasteiger charge is -2.47. The van der Waals surface area contributed by atoms with Gasteiger partial charge in [-0.1, -0.05) is 30.3 Å². The summed E-state index contributed by atoms with van der Waals surface area (Å²) >= 11 is 0. The van der Waals surface area contributed by atoms with Gasteiger partial charge in [-0.05, 0) is 39.2 Å². The van der Waals surface area contributed by atoms with Crippen molar-refractivity contribution < 1.29 is 4.74 Å². The van der Waals surface area contributed by atoms with Crippen LogP contribution in [0.2, 0.25) is 0 Å². The van der Waals surface area contributed by atoms with Crippen molar-refractivity contribution in [3.8, 4) is 0 Å². The molecule has 2 fully saturated rings. The smallest absolute Gasteiger partial charge is 0.0781 e. The third-order valence-electron chi connectivity index (χ3n) is 4.84. The molecule has 0 bridgehead atoms. The fourth-order valence-electron chi connectivity index (χ4n) is 3.74. The molecule has 0 amide bonds. The summed E-state index contributed by atoms with van der Waals surface area (Å²) in [6, 6.07) is 11.3. The van der Waals surface area contributed by atoms with Gasteiger partial charge >= 0.3 is 0 Å². The summed E-state index contributed by atoms with van der Waals surface area (Å²) in [4.78, 5) is 2.62. The molecule has 0 saturated carbocycles. The van der Waals surface area contributed by atoms with E-state index >= 15 is 0 Å². The largest absolute Gasteiger partial charge is 0.374 e. The molecule has 2 aliphatic rings. The van der Waals surface area contributed by atoms with Gasteiger partial charge in [-0.15, -0.1) is 0 Å². The Morgan fingerprint density at radius 1 is 1.24 bits per heavy atom. The zero-order valence-electron chi connectivity index (χ0n) is 13.6. The summed E-state index contributed by atoms with van der Waals surface area (Å²) in [5, 5.41) is 3.69. The molecule has 2 saturated heterocycles. The van der Waals surface area contributed by atoms with Crippen molar-refractivity contribution in [2.75, 3.05) is 26.2 Å². The molecule has 2 heterocycles. The molecule has 1 aromatic rings. The van der Waals surface area contributed by atoms with E-state index in [1.165, 1.54) is 18.4 Å². The monoisotopic (exact) mass is 288 g/mol. The van der Waals surface area contributed by atoms with Gasteiger partial charge < -0.3 is 10.1 Å². The lowest BCUT2D eigenvalue weighted by molar-refractivity contribution is -0.0345. The molecule has 116 valence electrons. The average Bonchev–Trinajstić information content (AvgIpc) is 2.85. The molecule has 3 rings (SSSR count). The number of ether oxygens (including phenoxy) is 1. The third kappa shape index (κ3) is 3.47. The average molecular weight is 288 g/mol. The van der Waals surface area contributed by atoms with Crippen LogP contribution in [0.25, 0.3) is 0 Å². The Hall–Kier alpha value is -0.900. The minimum Gasteiger partial charge on any atom is -0.374 e. The molecule has 21 heavy (non-hydrogen) atoms. The van der Waals surface area contributed by atoms with Crippen LogP contribution in [0.1, 0.15) is 45.2 Å². The zero-order chi connectivity index (χ0) is 14.9. The molecule has 0 radical (unpaired) electrons. The first-order valence-electron chi connectivity index (χ1n) is 8.16. The van der Waals surface area contributed by atoms with Crippen molar-refractivity contribution in [1.29, 1.82) is 0 Å². The Kier molecular flexibility index (Phi) is 4.08. The van der Waals surface area contributed by atoms with Gasteiger partial charge in [0.15, 0.2) is 0 Å². The van der Waals surface area contributed by atoms with E-state index in [1.807, 2.05) is 0 Å². The molecule has 2 unspecified atom stereocenters. The maximum atomic E-state index is 6.03. The fourth-order valence-corrected chi connectivity index (χ4v) is 3.74. The molecule has 3 heteroatoms. The lowest BCUT2D eigenvalue weighted by atomic mass is 9.92. The Balaban J connectivity index is 1.80. The first kappa shape index (κ1) is 15.0. The first-order chi connectivity index (χ1) is 9.98. The quantitative estimate of drug-likeness (QED) is 0.925. The summed E-state index contributed by atoms with van der Waals surface area (Å²) in [5.41, 5.74) is 1.60. The van der Waals surface area contributed by atoms with Crippen LogP contribution in [-0.4, -0.2) is 42.3 Å². The summed E-state index contributed by atoms with van der Waals surface area (Å²) in [5.74, 6) is 0. The molecule has 3 nitrogen and oxygen atoms in total. The van der Waals surface area contributed by atoms with Gasteiger partial charge in [-0.25, -0.2) is 0 Å². The van der Waals surface area contributed by atoms with Crippen LogP contribution < -0.4 is 5.32 Å². The number of rotatable bonds is 3. The molecular formula is C18H28N2O. The summed E-state index contributed by atoms with van der Waals surface area (Å²) in [7, 11) is 0. The maximum Gasteiger partial charge on any atom is 0.0781 e. The van der Waals surface area contributed by atoms with Crippen LogP contribution in [0.15, 0.2) is 30.3 Å². The second kappa shape index (κ2) is 5.71. The van der Waals surface area contributed by atoms with Crippen molar-refractivity contribution in [2.45, 2.75) is 50.8 Å². The van der Waals surface area contributed by atoms with E-state index < -0.39 is 0 Å². The highest BCUT2D eigenvalue weighted by atomic mass is 16.5. The highest BCUT2D eigenvalue weighted by Gasteiger charge is 2.39. The Labute approximate surface area is 128 Å². The predicted octanol–water partition coefficient (Wildman–Crippen LogP) is 2.98. The van der Waals surface area contributed by atoms with E-state index in [0.29, 0.717) is 6.04 Å². The number of nitrogens with zero attached hydrogens (tertiary/aromatic N) is 1. The van der Waals surface area contributed by atoms with E-state index in [-0.39, 0.29) is 11.1 Å². The number of hydrogen-bond acceptors (Lipinski definition) is 3. The molecule has 0 aliphatic carbocycles. The van der Waals surface area contributed by atoms with Crippen molar-refractivity contribution in [2.24, 2.45) is 0 Å². The number of piperazine rings is 1. The highest BCUT2D eigenvalue weighted by molar-refractivity contribution is 5.21. The van der Waals surface area contributed by atoms with Gasteiger partial charge in [0.05, 0.1) is 5.60 Å². The number of nitrogens with one attached hydrogen (secondary N) is 1.